The van der Waals surface area contributed by atoms with Gasteiger partial charge in [0, 0.05) is 55.3 Å². The molecule has 2 aromatic carbocycles. The number of hydrogen-bond donors (Lipinski definition) is 2. The van der Waals surface area contributed by atoms with Crippen LogP contribution in [0.15, 0.2) is 95.3 Å². The standard InChI is InChI=1S/C41H38F2N8O6S/c1-50-37-23-44-16-15-31(37)40(53)51(50)28-12-11-27(45-22-28)17-36(41(54)57-29-5-3-2-4-6-29)48-39(52)32-18-34(43)35(19-33(32)42)49-58(55,56)30-13-9-24(10-14-30)26-20-46-38(47-21-26)25-7-8-25/h9-16,18-23,25,29,36,49H,2-8,17H2,1H3,(H,48,52)/t36-/m0/s1. The van der Waals surface area contributed by atoms with E-state index in [4.69, 9.17) is 4.74 Å². The highest BCUT2D eigenvalue weighted by molar-refractivity contribution is 7.92. The van der Waals surface area contributed by atoms with Crippen molar-refractivity contribution in [2.24, 2.45) is 7.05 Å². The van der Waals surface area contributed by atoms with Crippen LogP contribution in [0.3, 0.4) is 0 Å². The van der Waals surface area contributed by atoms with Gasteiger partial charge in [-0.25, -0.2) is 36.6 Å². The summed E-state index contributed by atoms with van der Waals surface area (Å²) in [6.07, 6.45) is 13.5. The molecule has 14 nitrogen and oxygen atoms in total. The van der Waals surface area contributed by atoms with Gasteiger partial charge >= 0.3 is 5.97 Å². The maximum atomic E-state index is 15.5. The molecule has 0 radical (unpaired) electrons. The average Bonchev–Trinajstić information content (AvgIpc) is 4.05. The molecule has 2 saturated carbocycles. The lowest BCUT2D eigenvalue weighted by Crippen LogP contribution is -2.45. The number of carbonyl (C=O) groups excluding carboxylic acids is 2. The van der Waals surface area contributed by atoms with Crippen LogP contribution in [0.5, 0.6) is 0 Å². The Balaban J connectivity index is 0.982. The Morgan fingerprint density at radius 1 is 0.879 bits per heavy atom. The second kappa shape index (κ2) is 15.9. The van der Waals surface area contributed by atoms with Gasteiger partial charge < -0.3 is 10.1 Å². The highest BCUT2D eigenvalue weighted by Gasteiger charge is 2.30. The number of pyridine rings is 2. The Morgan fingerprint density at radius 3 is 2.29 bits per heavy atom. The molecule has 1 amide bonds. The van der Waals surface area contributed by atoms with Gasteiger partial charge in [-0.05, 0) is 80.5 Å². The van der Waals surface area contributed by atoms with Gasteiger partial charge in [-0.15, -0.1) is 0 Å². The third kappa shape index (κ3) is 8.07. The molecule has 2 N–H and O–H groups in total. The molecule has 0 aliphatic heterocycles. The number of amides is 1. The van der Waals surface area contributed by atoms with Crippen molar-refractivity contribution < 1.29 is 31.5 Å². The lowest BCUT2D eigenvalue weighted by Gasteiger charge is -2.25. The van der Waals surface area contributed by atoms with Crippen LogP contribution in [-0.2, 0) is 33.0 Å². The molecular formula is C41H38F2N8O6S. The van der Waals surface area contributed by atoms with Gasteiger partial charge in [0.15, 0.2) is 0 Å². The Hall–Kier alpha value is -6.36. The molecule has 2 fully saturated rings. The van der Waals surface area contributed by atoms with Crippen LogP contribution in [0.2, 0.25) is 0 Å². The molecule has 1 atom stereocenters. The third-order valence-electron chi connectivity index (χ3n) is 10.4. The van der Waals surface area contributed by atoms with Crippen molar-refractivity contribution in [3.63, 3.8) is 0 Å². The number of halogens is 2. The minimum Gasteiger partial charge on any atom is -0.461 e. The molecule has 0 spiro atoms. The van der Waals surface area contributed by atoms with Crippen LogP contribution < -0.4 is 15.6 Å². The number of sulfonamides is 1. The van der Waals surface area contributed by atoms with Crippen molar-refractivity contribution >= 4 is 38.5 Å². The number of aromatic nitrogens is 6. The number of nitrogens with zero attached hydrogens (tertiary/aromatic N) is 6. The number of carbonyl (C=O) groups is 2. The average molecular weight is 809 g/mol. The second-order valence-corrected chi connectivity index (χ2v) is 16.2. The molecule has 2 aliphatic rings. The van der Waals surface area contributed by atoms with E-state index in [-0.39, 0.29) is 23.0 Å². The summed E-state index contributed by atoms with van der Waals surface area (Å²) in [7, 11) is -2.68. The normalized spacial score (nSPS) is 15.2. The van der Waals surface area contributed by atoms with Crippen molar-refractivity contribution in [3.8, 4) is 16.8 Å². The fourth-order valence-corrected chi connectivity index (χ4v) is 8.13. The van der Waals surface area contributed by atoms with Crippen LogP contribution >= 0.6 is 0 Å². The molecule has 298 valence electrons. The Kier molecular flexibility index (Phi) is 10.5. The Labute approximate surface area is 331 Å². The fourth-order valence-electron chi connectivity index (χ4n) is 7.07. The van der Waals surface area contributed by atoms with E-state index in [0.29, 0.717) is 64.3 Å². The van der Waals surface area contributed by atoms with Crippen molar-refractivity contribution in [3.05, 3.63) is 125 Å². The molecule has 8 rings (SSSR count). The van der Waals surface area contributed by atoms with Crippen LogP contribution in [0.4, 0.5) is 14.5 Å². The number of benzene rings is 2. The first-order valence-corrected chi connectivity index (χ1v) is 20.4. The summed E-state index contributed by atoms with van der Waals surface area (Å²) in [6.45, 7) is 0. The number of ether oxygens (including phenoxy) is 1. The first-order chi connectivity index (χ1) is 27.9. The summed E-state index contributed by atoms with van der Waals surface area (Å²) in [6, 6.07) is 10.3. The van der Waals surface area contributed by atoms with Crippen molar-refractivity contribution in [2.75, 3.05) is 4.72 Å². The van der Waals surface area contributed by atoms with E-state index < -0.39 is 50.8 Å². The van der Waals surface area contributed by atoms with E-state index >= 15 is 8.78 Å². The largest absolute Gasteiger partial charge is 0.461 e. The van der Waals surface area contributed by atoms with Crippen LogP contribution in [-0.4, -0.2) is 61.7 Å². The molecule has 4 aromatic heterocycles. The fraction of sp³-hybridized carbons (Fsp3) is 0.293. The molecule has 0 bridgehead atoms. The molecule has 0 unspecified atom stereocenters. The minimum absolute atomic E-state index is 0.176. The van der Waals surface area contributed by atoms with Gasteiger partial charge in [0.2, 0.25) is 0 Å². The predicted molar refractivity (Wildman–Crippen MR) is 209 cm³/mol. The van der Waals surface area contributed by atoms with E-state index in [2.05, 4.69) is 30.0 Å². The molecule has 4 heterocycles. The van der Waals surface area contributed by atoms with Crippen LogP contribution in [0.25, 0.3) is 27.7 Å². The number of fused-ring (bicyclic) bond motifs is 1. The second-order valence-electron chi connectivity index (χ2n) is 14.5. The van der Waals surface area contributed by atoms with E-state index in [9.17, 15) is 22.8 Å². The van der Waals surface area contributed by atoms with Crippen molar-refractivity contribution in [1.29, 1.82) is 0 Å². The summed E-state index contributed by atoms with van der Waals surface area (Å²) in [5.41, 5.74) is 0.988. The number of rotatable bonds is 12. The van der Waals surface area contributed by atoms with Gasteiger partial charge in [-0.2, -0.15) is 0 Å². The van der Waals surface area contributed by atoms with Gasteiger partial charge in [0.1, 0.15) is 29.6 Å². The number of aryl methyl sites for hydroxylation is 1. The smallest absolute Gasteiger partial charge is 0.329 e. The number of nitrogens with one attached hydrogen (secondary N) is 2. The maximum absolute atomic E-state index is 15.5. The lowest BCUT2D eigenvalue weighted by molar-refractivity contribution is -0.152. The molecule has 17 heteroatoms. The molecule has 58 heavy (non-hydrogen) atoms. The van der Waals surface area contributed by atoms with Crippen molar-refractivity contribution in [1.82, 2.24) is 34.6 Å². The van der Waals surface area contributed by atoms with Gasteiger partial charge in [-0.1, -0.05) is 18.6 Å². The summed E-state index contributed by atoms with van der Waals surface area (Å²) in [5, 5.41) is 2.94. The van der Waals surface area contributed by atoms with E-state index in [1.54, 1.807) is 60.7 Å². The van der Waals surface area contributed by atoms with E-state index in [0.717, 1.165) is 37.9 Å². The topological polar surface area (TPSA) is 180 Å². The maximum Gasteiger partial charge on any atom is 0.329 e. The first kappa shape index (κ1) is 38.5. The number of hydrogen-bond acceptors (Lipinski definition) is 10. The molecule has 2 aliphatic carbocycles. The summed E-state index contributed by atoms with van der Waals surface area (Å²) >= 11 is 0. The molecule has 0 saturated heterocycles. The third-order valence-corrected chi connectivity index (χ3v) is 11.8. The highest BCUT2D eigenvalue weighted by Crippen LogP contribution is 2.38. The SMILES string of the molecule is Cn1c2cnccc2c(=O)n1-c1ccc(C[C@H](NC(=O)c2cc(F)c(NS(=O)(=O)c3ccc(-c4cnc(C5CC5)nc4)cc3)cc2F)C(=O)OC2CCCCC2)nc1. The lowest BCUT2D eigenvalue weighted by atomic mass is 9.97. The van der Waals surface area contributed by atoms with E-state index in [1.807, 2.05) is 0 Å². The highest BCUT2D eigenvalue weighted by atomic mass is 32.2. The predicted octanol–water partition coefficient (Wildman–Crippen LogP) is 5.75. The summed E-state index contributed by atoms with van der Waals surface area (Å²) < 4.78 is 68.3. The van der Waals surface area contributed by atoms with Gasteiger partial charge in [0.25, 0.3) is 21.5 Å². The summed E-state index contributed by atoms with van der Waals surface area (Å²) in [4.78, 5) is 57.2. The number of anilines is 1. The number of esters is 1. The Morgan fingerprint density at radius 2 is 1.62 bits per heavy atom. The Bertz CT molecular complexity index is 2680. The molecular weight excluding hydrogens is 771 g/mol. The first-order valence-electron chi connectivity index (χ1n) is 18.9. The minimum atomic E-state index is -4.39. The van der Waals surface area contributed by atoms with Crippen molar-refractivity contribution in [2.45, 2.75) is 74.3 Å². The van der Waals surface area contributed by atoms with Gasteiger partial charge in [0.05, 0.1) is 45.1 Å². The monoisotopic (exact) mass is 808 g/mol. The zero-order valence-electron chi connectivity index (χ0n) is 31.3. The molecule has 6 aromatic rings. The zero-order chi connectivity index (χ0) is 40.6. The van der Waals surface area contributed by atoms with Crippen LogP contribution in [0.1, 0.15) is 72.7 Å². The van der Waals surface area contributed by atoms with Gasteiger partial charge in [-0.3, -0.25) is 29.0 Å². The van der Waals surface area contributed by atoms with Crippen LogP contribution in [0, 0.1) is 11.6 Å². The quantitative estimate of drug-likeness (QED) is 0.145. The summed E-state index contributed by atoms with van der Waals surface area (Å²) in [5.74, 6) is -3.21. The zero-order valence-corrected chi connectivity index (χ0v) is 32.1. The van der Waals surface area contributed by atoms with E-state index in [1.165, 1.54) is 29.2 Å².